The zero-order valence-electron chi connectivity index (χ0n) is 15.7. The van der Waals surface area contributed by atoms with Gasteiger partial charge in [-0.05, 0) is 61.4 Å². The predicted molar refractivity (Wildman–Crippen MR) is 107 cm³/mol. The number of carbonyl (C=O) groups is 1. The number of nitrogens with one attached hydrogen (secondary N) is 1. The van der Waals surface area contributed by atoms with Gasteiger partial charge < -0.3 is 9.88 Å². The Morgan fingerprint density at radius 1 is 1.30 bits per heavy atom. The first-order chi connectivity index (χ1) is 13.2. The zero-order chi connectivity index (χ0) is 18.4. The molecule has 0 saturated carbocycles. The van der Waals surface area contributed by atoms with Gasteiger partial charge in [0, 0.05) is 23.6 Å². The molecule has 1 fully saturated rings. The van der Waals surface area contributed by atoms with Crippen LogP contribution >= 0.6 is 0 Å². The molecule has 0 spiro atoms. The summed E-state index contributed by atoms with van der Waals surface area (Å²) in [5, 5.41) is 0. The fourth-order valence-corrected chi connectivity index (χ4v) is 5.53. The molecular formula is C23H25N3O. The molecule has 2 aliphatic rings. The second kappa shape index (κ2) is 6.22. The summed E-state index contributed by atoms with van der Waals surface area (Å²) in [6.45, 7) is 3.15. The van der Waals surface area contributed by atoms with Crippen LogP contribution in [0.25, 0.3) is 11.0 Å². The Labute approximate surface area is 159 Å². The van der Waals surface area contributed by atoms with Crippen molar-refractivity contribution < 1.29 is 4.79 Å². The second-order valence-corrected chi connectivity index (χ2v) is 7.96. The third kappa shape index (κ3) is 2.43. The van der Waals surface area contributed by atoms with Crippen LogP contribution in [-0.2, 0) is 11.8 Å². The fraction of sp³-hybridized carbons (Fsp3) is 0.391. The number of aromatic amines is 1. The Kier molecular flexibility index (Phi) is 3.81. The summed E-state index contributed by atoms with van der Waals surface area (Å²) >= 11 is 0. The van der Waals surface area contributed by atoms with Crippen LogP contribution in [0.2, 0.25) is 0 Å². The average Bonchev–Trinajstić information content (AvgIpc) is 3.20. The number of rotatable bonds is 2. The van der Waals surface area contributed by atoms with Gasteiger partial charge in [-0.2, -0.15) is 0 Å². The van der Waals surface area contributed by atoms with Crippen molar-refractivity contribution in [2.24, 2.45) is 0 Å². The molecule has 2 heterocycles. The number of hydrogen-bond donors (Lipinski definition) is 1. The molecule has 1 aliphatic carbocycles. The molecule has 3 aromatic rings. The quantitative estimate of drug-likeness (QED) is 0.734. The number of piperidine rings is 1. The van der Waals surface area contributed by atoms with Gasteiger partial charge in [0.15, 0.2) is 0 Å². The summed E-state index contributed by atoms with van der Waals surface area (Å²) < 4.78 is 0. The maximum absolute atomic E-state index is 13.5. The Hall–Kier alpha value is -2.62. The van der Waals surface area contributed by atoms with Gasteiger partial charge >= 0.3 is 0 Å². The highest BCUT2D eigenvalue weighted by Crippen LogP contribution is 2.48. The Morgan fingerprint density at radius 2 is 2.19 bits per heavy atom. The lowest BCUT2D eigenvalue weighted by Gasteiger charge is -2.53. The Morgan fingerprint density at radius 3 is 3.07 bits per heavy atom. The van der Waals surface area contributed by atoms with E-state index >= 15 is 0 Å². The maximum atomic E-state index is 13.5. The van der Waals surface area contributed by atoms with Crippen molar-refractivity contribution in [3.05, 3.63) is 65.5 Å². The van der Waals surface area contributed by atoms with E-state index in [1.54, 1.807) is 6.33 Å². The van der Waals surface area contributed by atoms with Gasteiger partial charge in [0.2, 0.25) is 0 Å². The molecule has 2 aromatic carbocycles. The minimum Gasteiger partial charge on any atom is -0.345 e. The first-order valence-electron chi connectivity index (χ1n) is 10.1. The van der Waals surface area contributed by atoms with Crippen LogP contribution in [0.3, 0.4) is 0 Å². The number of aromatic nitrogens is 2. The number of hydrogen-bond acceptors (Lipinski definition) is 2. The number of imidazole rings is 1. The fourth-order valence-electron chi connectivity index (χ4n) is 5.53. The number of fused-ring (bicyclic) bond motifs is 4. The molecular weight excluding hydrogens is 334 g/mol. The normalized spacial score (nSPS) is 24.5. The number of aryl methyl sites for hydroxylation is 1. The number of nitrogens with zero attached hydrogens (tertiary/aromatic N) is 2. The van der Waals surface area contributed by atoms with Gasteiger partial charge in [0.05, 0.1) is 17.4 Å². The van der Waals surface area contributed by atoms with Gasteiger partial charge in [-0.3, -0.25) is 4.79 Å². The van der Waals surface area contributed by atoms with Crippen molar-refractivity contribution in [3.8, 4) is 0 Å². The number of likely N-dealkylation sites (tertiary alicyclic amines) is 1. The molecule has 1 saturated heterocycles. The Bertz CT molecular complexity index is 1010. The third-order valence-electron chi connectivity index (χ3n) is 6.84. The Balaban J connectivity index is 1.54. The molecule has 2 atom stereocenters. The molecule has 1 aromatic heterocycles. The summed E-state index contributed by atoms with van der Waals surface area (Å²) in [5.74, 6) is 0.161. The molecule has 0 radical (unpaired) electrons. The van der Waals surface area contributed by atoms with Gasteiger partial charge in [0.25, 0.3) is 5.91 Å². The molecule has 27 heavy (non-hydrogen) atoms. The van der Waals surface area contributed by atoms with Crippen LogP contribution < -0.4 is 0 Å². The first-order valence-corrected chi connectivity index (χ1v) is 10.1. The van der Waals surface area contributed by atoms with Gasteiger partial charge in [0.1, 0.15) is 0 Å². The van der Waals surface area contributed by atoms with Crippen molar-refractivity contribution >= 4 is 16.9 Å². The minimum atomic E-state index is 0.0981. The van der Waals surface area contributed by atoms with Crippen LogP contribution in [0.15, 0.2) is 48.8 Å². The average molecular weight is 359 g/mol. The van der Waals surface area contributed by atoms with E-state index in [1.165, 1.54) is 17.5 Å². The monoisotopic (exact) mass is 359 g/mol. The van der Waals surface area contributed by atoms with Crippen LogP contribution in [0.1, 0.15) is 54.1 Å². The van der Waals surface area contributed by atoms with Crippen molar-refractivity contribution in [3.63, 3.8) is 0 Å². The topological polar surface area (TPSA) is 49.0 Å². The molecule has 2 unspecified atom stereocenters. The molecule has 4 nitrogen and oxygen atoms in total. The highest BCUT2D eigenvalue weighted by atomic mass is 16.2. The van der Waals surface area contributed by atoms with E-state index in [4.69, 9.17) is 0 Å². The van der Waals surface area contributed by atoms with E-state index < -0.39 is 0 Å². The van der Waals surface area contributed by atoms with Crippen LogP contribution in [0.5, 0.6) is 0 Å². The molecule has 5 rings (SSSR count). The number of H-pyrrole nitrogens is 1. The van der Waals surface area contributed by atoms with Crippen LogP contribution in [0, 0.1) is 0 Å². The molecule has 0 bridgehead atoms. The van der Waals surface area contributed by atoms with Crippen molar-refractivity contribution in [2.75, 3.05) is 6.54 Å². The summed E-state index contributed by atoms with van der Waals surface area (Å²) in [4.78, 5) is 23.0. The number of carbonyl (C=O) groups excluding carboxylic acids is 1. The lowest BCUT2D eigenvalue weighted by Crippen LogP contribution is -2.58. The highest BCUT2D eigenvalue weighted by Gasteiger charge is 2.48. The number of benzene rings is 2. The zero-order valence-corrected chi connectivity index (χ0v) is 15.7. The predicted octanol–water partition coefficient (Wildman–Crippen LogP) is 4.46. The van der Waals surface area contributed by atoms with Crippen LogP contribution in [-0.4, -0.2) is 33.4 Å². The molecule has 138 valence electrons. The van der Waals surface area contributed by atoms with Crippen molar-refractivity contribution in [1.82, 2.24) is 14.9 Å². The minimum absolute atomic E-state index is 0.0981. The van der Waals surface area contributed by atoms with Crippen molar-refractivity contribution in [1.29, 1.82) is 0 Å². The third-order valence-corrected chi connectivity index (χ3v) is 6.84. The summed E-state index contributed by atoms with van der Waals surface area (Å²) in [6.07, 6.45) is 7.12. The smallest absolute Gasteiger partial charge is 0.254 e. The van der Waals surface area contributed by atoms with E-state index in [0.29, 0.717) is 0 Å². The van der Waals surface area contributed by atoms with E-state index in [9.17, 15) is 4.79 Å². The summed E-state index contributed by atoms with van der Waals surface area (Å²) in [7, 11) is 0. The maximum Gasteiger partial charge on any atom is 0.254 e. The lowest BCUT2D eigenvalue weighted by molar-refractivity contribution is 0.0336. The van der Waals surface area contributed by atoms with E-state index in [0.717, 1.165) is 48.8 Å². The summed E-state index contributed by atoms with van der Waals surface area (Å²) in [6, 6.07) is 15.0. The largest absolute Gasteiger partial charge is 0.345 e. The highest BCUT2D eigenvalue weighted by molar-refractivity contribution is 5.97. The van der Waals surface area contributed by atoms with E-state index in [2.05, 4.69) is 46.1 Å². The molecule has 1 aliphatic heterocycles. The molecule has 1 amide bonds. The lowest BCUT2D eigenvalue weighted by atomic mass is 9.61. The van der Waals surface area contributed by atoms with Crippen LogP contribution in [0.4, 0.5) is 0 Å². The SMILES string of the molecule is CCC12CCCN(C(=O)c3ccc4nc[nH]c4c3)C1CCc1ccccc12. The summed E-state index contributed by atoms with van der Waals surface area (Å²) in [5.41, 5.74) is 5.64. The second-order valence-electron chi connectivity index (χ2n) is 7.96. The van der Waals surface area contributed by atoms with Crippen molar-refractivity contribution in [2.45, 2.75) is 50.5 Å². The molecule has 4 heteroatoms. The van der Waals surface area contributed by atoms with Gasteiger partial charge in [-0.1, -0.05) is 31.2 Å². The number of amides is 1. The van der Waals surface area contributed by atoms with E-state index in [1.807, 2.05) is 18.2 Å². The van der Waals surface area contributed by atoms with Gasteiger partial charge in [-0.25, -0.2) is 4.98 Å². The first kappa shape index (κ1) is 16.5. The standard InChI is InChI=1S/C23H25N3O/c1-2-23-12-5-13-26(21(23)11-9-16-6-3-4-7-18(16)23)22(27)17-8-10-19-20(14-17)25-15-24-19/h3-4,6-8,10,14-15,21H,2,5,9,11-13H2,1H3,(H,24,25). The van der Waals surface area contributed by atoms with Gasteiger partial charge in [-0.15, -0.1) is 0 Å². The van der Waals surface area contributed by atoms with E-state index in [-0.39, 0.29) is 17.4 Å². The molecule has 1 N–H and O–H groups in total.